The maximum absolute atomic E-state index is 14.4. The smallest absolute Gasteiger partial charge is 0.244 e. The second-order valence-electron chi connectivity index (χ2n) is 5.38. The number of sulfonamides is 1. The van der Waals surface area contributed by atoms with Gasteiger partial charge in [-0.1, -0.05) is 11.6 Å². The van der Waals surface area contributed by atoms with Gasteiger partial charge >= 0.3 is 0 Å². The molecule has 0 aliphatic carbocycles. The van der Waals surface area contributed by atoms with E-state index < -0.39 is 26.3 Å². The largest absolute Gasteiger partial charge is 0.379 e. The third kappa shape index (κ3) is 3.73. The van der Waals surface area contributed by atoms with Crippen LogP contribution < -0.4 is 10.0 Å². The third-order valence-corrected chi connectivity index (χ3v) is 5.19. The Hall–Kier alpha value is -0.730. The van der Waals surface area contributed by atoms with Crippen molar-refractivity contribution in [2.24, 2.45) is 0 Å². The minimum atomic E-state index is -4.01. The van der Waals surface area contributed by atoms with Crippen LogP contribution in [0.3, 0.4) is 0 Å². The summed E-state index contributed by atoms with van der Waals surface area (Å²) in [6, 6.07) is 2.53. The van der Waals surface area contributed by atoms with Crippen LogP contribution in [-0.2, 0) is 21.3 Å². The summed E-state index contributed by atoms with van der Waals surface area (Å²) < 4.78 is 47.0. The molecule has 1 aliphatic rings. The van der Waals surface area contributed by atoms with E-state index in [0.29, 0.717) is 13.0 Å². The average Bonchev–Trinajstić information content (AvgIpc) is 2.79. The zero-order valence-electron chi connectivity index (χ0n) is 11.9. The highest BCUT2D eigenvalue weighted by molar-refractivity contribution is 7.89. The first kappa shape index (κ1) is 16.6. The van der Waals surface area contributed by atoms with Gasteiger partial charge in [0.15, 0.2) is 0 Å². The standard InChI is InChI=1S/C13H18ClFN2O3S/c1-13(3-4-20-8-13)17-21(18,19)11-6-10(14)5-9(7-16-2)12(11)15/h5-6,16-17H,3-4,7-8H2,1-2H3. The maximum atomic E-state index is 14.4. The molecule has 1 aromatic carbocycles. The lowest BCUT2D eigenvalue weighted by Gasteiger charge is -2.23. The fourth-order valence-corrected chi connectivity index (χ4v) is 4.13. The Morgan fingerprint density at radius 1 is 1.48 bits per heavy atom. The molecule has 118 valence electrons. The lowest BCUT2D eigenvalue weighted by molar-refractivity contribution is 0.178. The molecule has 1 unspecified atom stereocenters. The molecular formula is C13H18ClFN2O3S. The number of halogens is 2. The van der Waals surface area contributed by atoms with Gasteiger partial charge in [-0.05, 0) is 32.5 Å². The van der Waals surface area contributed by atoms with Gasteiger partial charge in [0.25, 0.3) is 0 Å². The Bertz CT molecular complexity index is 631. The van der Waals surface area contributed by atoms with Crippen LogP contribution in [0.25, 0.3) is 0 Å². The van der Waals surface area contributed by atoms with Crippen LogP contribution in [0.1, 0.15) is 18.9 Å². The summed E-state index contributed by atoms with van der Waals surface area (Å²) in [5.41, 5.74) is -0.519. The van der Waals surface area contributed by atoms with Crippen molar-refractivity contribution in [2.45, 2.75) is 30.3 Å². The van der Waals surface area contributed by atoms with Gasteiger partial charge < -0.3 is 10.1 Å². The second kappa shape index (κ2) is 6.18. The fourth-order valence-electron chi connectivity index (χ4n) is 2.26. The summed E-state index contributed by atoms with van der Waals surface area (Å²) in [4.78, 5) is -0.437. The lowest BCUT2D eigenvalue weighted by atomic mass is 10.0. The van der Waals surface area contributed by atoms with Gasteiger partial charge in [0.1, 0.15) is 10.7 Å². The highest BCUT2D eigenvalue weighted by Gasteiger charge is 2.36. The van der Waals surface area contributed by atoms with Crippen molar-refractivity contribution in [1.29, 1.82) is 0 Å². The van der Waals surface area contributed by atoms with Crippen LogP contribution in [-0.4, -0.2) is 34.2 Å². The van der Waals surface area contributed by atoms with Crippen LogP contribution in [0.5, 0.6) is 0 Å². The molecule has 0 amide bonds. The van der Waals surface area contributed by atoms with E-state index in [1.165, 1.54) is 6.07 Å². The molecule has 1 fully saturated rings. The number of nitrogens with one attached hydrogen (secondary N) is 2. The molecule has 0 spiro atoms. The molecule has 0 radical (unpaired) electrons. The Morgan fingerprint density at radius 3 is 2.76 bits per heavy atom. The van der Waals surface area contributed by atoms with Gasteiger partial charge in [-0.2, -0.15) is 0 Å². The van der Waals surface area contributed by atoms with E-state index >= 15 is 0 Å². The highest BCUT2D eigenvalue weighted by Crippen LogP contribution is 2.26. The first-order chi connectivity index (χ1) is 9.77. The van der Waals surface area contributed by atoms with Crippen molar-refractivity contribution < 1.29 is 17.5 Å². The molecule has 1 heterocycles. The number of rotatable bonds is 5. The summed E-state index contributed by atoms with van der Waals surface area (Å²) in [5.74, 6) is -0.788. The Kier molecular flexibility index (Phi) is 4.89. The molecule has 2 rings (SSSR count). The van der Waals surface area contributed by atoms with E-state index in [4.69, 9.17) is 16.3 Å². The summed E-state index contributed by atoms with van der Waals surface area (Å²) in [7, 11) is -2.37. The number of hydrogen-bond donors (Lipinski definition) is 2. The average molecular weight is 337 g/mol. The molecule has 1 aromatic rings. The maximum Gasteiger partial charge on any atom is 0.244 e. The van der Waals surface area contributed by atoms with Crippen molar-refractivity contribution in [3.63, 3.8) is 0 Å². The van der Waals surface area contributed by atoms with Crippen LogP contribution in [0.4, 0.5) is 4.39 Å². The Morgan fingerprint density at radius 2 is 2.19 bits per heavy atom. The van der Waals surface area contributed by atoms with Gasteiger partial charge in [-0.25, -0.2) is 17.5 Å². The first-order valence-electron chi connectivity index (χ1n) is 6.52. The molecule has 8 heteroatoms. The van der Waals surface area contributed by atoms with Gasteiger partial charge in [-0.15, -0.1) is 0 Å². The molecule has 21 heavy (non-hydrogen) atoms. The van der Waals surface area contributed by atoms with Crippen molar-refractivity contribution in [1.82, 2.24) is 10.0 Å². The Balaban J connectivity index is 2.39. The van der Waals surface area contributed by atoms with E-state index in [-0.39, 0.29) is 23.7 Å². The van der Waals surface area contributed by atoms with E-state index in [2.05, 4.69) is 10.0 Å². The minimum Gasteiger partial charge on any atom is -0.379 e. The molecular weight excluding hydrogens is 319 g/mol. The fraction of sp³-hybridized carbons (Fsp3) is 0.538. The third-order valence-electron chi connectivity index (χ3n) is 3.34. The van der Waals surface area contributed by atoms with Crippen molar-refractivity contribution in [2.75, 3.05) is 20.3 Å². The summed E-state index contributed by atoms with van der Waals surface area (Å²) in [6.07, 6.45) is 0.539. The molecule has 0 bridgehead atoms. The Labute approximate surface area is 128 Å². The molecule has 1 aliphatic heterocycles. The zero-order valence-corrected chi connectivity index (χ0v) is 13.4. The number of benzene rings is 1. The normalized spacial score (nSPS) is 22.7. The van der Waals surface area contributed by atoms with Gasteiger partial charge in [-0.3, -0.25) is 0 Å². The SMILES string of the molecule is CNCc1cc(Cl)cc(S(=O)(=O)NC2(C)CCOC2)c1F. The van der Waals surface area contributed by atoms with E-state index in [1.807, 2.05) is 0 Å². The van der Waals surface area contributed by atoms with Crippen LogP contribution >= 0.6 is 11.6 Å². The van der Waals surface area contributed by atoms with E-state index in [9.17, 15) is 12.8 Å². The molecule has 0 saturated carbocycles. The molecule has 1 saturated heterocycles. The highest BCUT2D eigenvalue weighted by atomic mass is 35.5. The summed E-state index contributed by atoms with van der Waals surface area (Å²) in [5, 5.41) is 2.95. The monoisotopic (exact) mass is 336 g/mol. The zero-order chi connectivity index (χ0) is 15.7. The molecule has 1 atom stereocenters. The molecule has 5 nitrogen and oxygen atoms in total. The number of ether oxygens (including phenoxy) is 1. The van der Waals surface area contributed by atoms with Gasteiger partial charge in [0.2, 0.25) is 10.0 Å². The van der Waals surface area contributed by atoms with Gasteiger partial charge in [0.05, 0.1) is 12.1 Å². The topological polar surface area (TPSA) is 67.4 Å². The van der Waals surface area contributed by atoms with Crippen molar-refractivity contribution in [3.05, 3.63) is 28.5 Å². The first-order valence-corrected chi connectivity index (χ1v) is 8.38. The number of hydrogen-bond acceptors (Lipinski definition) is 4. The molecule has 0 aromatic heterocycles. The van der Waals surface area contributed by atoms with E-state index in [1.54, 1.807) is 14.0 Å². The summed E-state index contributed by atoms with van der Waals surface area (Å²) in [6.45, 7) is 2.66. The predicted molar refractivity (Wildman–Crippen MR) is 78.3 cm³/mol. The van der Waals surface area contributed by atoms with Crippen molar-refractivity contribution >= 4 is 21.6 Å². The minimum absolute atomic E-state index is 0.176. The van der Waals surface area contributed by atoms with E-state index in [0.717, 1.165) is 6.07 Å². The molecule has 2 N–H and O–H groups in total. The summed E-state index contributed by atoms with van der Waals surface area (Å²) >= 11 is 5.90. The lowest BCUT2D eigenvalue weighted by Crippen LogP contribution is -2.46. The van der Waals surface area contributed by atoms with Crippen molar-refractivity contribution in [3.8, 4) is 0 Å². The van der Waals surface area contributed by atoms with Crippen LogP contribution in [0.2, 0.25) is 5.02 Å². The van der Waals surface area contributed by atoms with Crippen LogP contribution in [0, 0.1) is 5.82 Å². The quantitative estimate of drug-likeness (QED) is 0.858. The van der Waals surface area contributed by atoms with Crippen LogP contribution in [0.15, 0.2) is 17.0 Å². The predicted octanol–water partition coefficient (Wildman–Crippen LogP) is 1.66. The van der Waals surface area contributed by atoms with Gasteiger partial charge in [0, 0.05) is 23.7 Å². The second-order valence-corrected chi connectivity index (χ2v) is 7.46.